The minimum Gasteiger partial charge on any atom is -0.388 e. The molecule has 192 valence electrons. The van der Waals surface area contributed by atoms with E-state index in [9.17, 15) is 15.0 Å². The van der Waals surface area contributed by atoms with Gasteiger partial charge < -0.3 is 34.5 Å². The summed E-state index contributed by atoms with van der Waals surface area (Å²) in [5, 5.41) is 31.6. The van der Waals surface area contributed by atoms with Crippen LogP contribution in [-0.4, -0.2) is 82.6 Å². The van der Waals surface area contributed by atoms with Crippen LogP contribution in [0.15, 0.2) is 30.5 Å². The van der Waals surface area contributed by atoms with E-state index in [1.165, 1.54) is 14.2 Å². The molecule has 0 radical (unpaired) electrons. The number of aliphatic hydroxyl groups excluding tert-OH is 2. The summed E-state index contributed by atoms with van der Waals surface area (Å²) in [6.45, 7) is 1.37. The quantitative estimate of drug-likeness (QED) is 0.464. The molecule has 1 aliphatic heterocycles. The molecule has 2 unspecified atom stereocenters. The average Bonchev–Trinajstić information content (AvgIpc) is 3.37. The van der Waals surface area contributed by atoms with Crippen molar-refractivity contribution >= 4 is 5.91 Å². The molecule has 11 nitrogen and oxygen atoms in total. The fourth-order valence-corrected chi connectivity index (χ4v) is 4.64. The topological polar surface area (TPSA) is 137 Å². The van der Waals surface area contributed by atoms with Crippen molar-refractivity contribution in [1.82, 2.24) is 20.3 Å². The number of rotatable bonds is 9. The lowest BCUT2D eigenvalue weighted by atomic mass is 9.80. The second kappa shape index (κ2) is 12.0. The monoisotopic (exact) mass is 490 g/mol. The van der Waals surface area contributed by atoms with Gasteiger partial charge in [-0.25, -0.2) is 4.68 Å². The zero-order valence-electron chi connectivity index (χ0n) is 20.1. The number of aliphatic hydroxyl groups is 2. The molecule has 2 heterocycles. The number of ether oxygens (including phenoxy) is 4. The van der Waals surface area contributed by atoms with Gasteiger partial charge in [0.25, 0.3) is 0 Å². The first kappa shape index (κ1) is 25.7. The molecule has 1 aromatic carbocycles. The van der Waals surface area contributed by atoms with E-state index in [1.807, 2.05) is 24.3 Å². The standard InChI is InChI=1S/C24H34N4O7/c1-32-19-11-18(23(33-2)22(30)21(19)29)24(31)25-12-15-6-8-16(9-7-15)28-17(13-26-27-28)14-35-20-5-3-4-10-34-20/h6-9,13,18-23,29-30H,3-5,10-12,14H2,1-2H3,(H,25,31)/t18?,19-,20?,21-,22-,23-/m1/s1. The Morgan fingerprint density at radius 1 is 1.17 bits per heavy atom. The smallest absolute Gasteiger partial charge is 0.226 e. The number of hydrogen-bond acceptors (Lipinski definition) is 9. The van der Waals surface area contributed by atoms with Gasteiger partial charge in [-0.3, -0.25) is 4.79 Å². The Morgan fingerprint density at radius 3 is 2.66 bits per heavy atom. The molecule has 0 spiro atoms. The van der Waals surface area contributed by atoms with Gasteiger partial charge in [0.05, 0.1) is 42.3 Å². The van der Waals surface area contributed by atoms with Gasteiger partial charge in [0, 0.05) is 27.4 Å². The zero-order chi connectivity index (χ0) is 24.8. The molecule has 6 atom stereocenters. The van der Waals surface area contributed by atoms with E-state index in [4.69, 9.17) is 18.9 Å². The first-order chi connectivity index (χ1) is 17.0. The lowest BCUT2D eigenvalue weighted by molar-refractivity contribution is -0.180. The molecule has 2 fully saturated rings. The summed E-state index contributed by atoms with van der Waals surface area (Å²) in [7, 11) is 2.86. The van der Waals surface area contributed by atoms with Gasteiger partial charge in [0.1, 0.15) is 12.2 Å². The maximum Gasteiger partial charge on any atom is 0.226 e. The molecule has 1 aromatic heterocycles. The van der Waals surface area contributed by atoms with Crippen LogP contribution in [0.1, 0.15) is 36.9 Å². The Labute approximate surface area is 204 Å². The van der Waals surface area contributed by atoms with Gasteiger partial charge in [-0.1, -0.05) is 17.3 Å². The highest BCUT2D eigenvalue weighted by molar-refractivity contribution is 5.79. The van der Waals surface area contributed by atoms with Crippen LogP contribution in [-0.2, 0) is 36.9 Å². The number of benzene rings is 1. The molecule has 11 heteroatoms. The van der Waals surface area contributed by atoms with Crippen LogP contribution in [0.3, 0.4) is 0 Å². The summed E-state index contributed by atoms with van der Waals surface area (Å²) >= 11 is 0. The summed E-state index contributed by atoms with van der Waals surface area (Å²) in [4.78, 5) is 12.9. The fourth-order valence-electron chi connectivity index (χ4n) is 4.64. The lowest BCUT2D eigenvalue weighted by Gasteiger charge is -2.40. The highest BCUT2D eigenvalue weighted by atomic mass is 16.7. The van der Waals surface area contributed by atoms with Crippen molar-refractivity contribution in [3.8, 4) is 5.69 Å². The average molecular weight is 491 g/mol. The van der Waals surface area contributed by atoms with Crippen molar-refractivity contribution in [2.24, 2.45) is 5.92 Å². The third kappa shape index (κ3) is 6.05. The van der Waals surface area contributed by atoms with Crippen LogP contribution < -0.4 is 5.32 Å². The predicted octanol–water partition coefficient (Wildman–Crippen LogP) is 0.698. The molecule has 1 saturated carbocycles. The molecule has 1 amide bonds. The van der Waals surface area contributed by atoms with E-state index >= 15 is 0 Å². The number of methoxy groups -OCH3 is 2. The van der Waals surface area contributed by atoms with Crippen LogP contribution >= 0.6 is 0 Å². The second-order valence-electron chi connectivity index (χ2n) is 8.93. The highest BCUT2D eigenvalue weighted by Crippen LogP contribution is 2.29. The summed E-state index contributed by atoms with van der Waals surface area (Å²) in [6, 6.07) is 7.60. The summed E-state index contributed by atoms with van der Waals surface area (Å²) in [5.41, 5.74) is 2.54. The van der Waals surface area contributed by atoms with E-state index in [-0.39, 0.29) is 18.6 Å². The second-order valence-corrected chi connectivity index (χ2v) is 8.93. The molecular formula is C24H34N4O7. The van der Waals surface area contributed by atoms with Gasteiger partial charge in [0.15, 0.2) is 6.29 Å². The number of amides is 1. The molecule has 2 aliphatic rings. The Hall–Kier alpha value is -2.41. The minimum absolute atomic E-state index is 0.191. The van der Waals surface area contributed by atoms with Gasteiger partial charge >= 0.3 is 0 Å². The number of aromatic nitrogens is 3. The van der Waals surface area contributed by atoms with Crippen molar-refractivity contribution in [2.75, 3.05) is 20.8 Å². The highest BCUT2D eigenvalue weighted by Gasteiger charge is 2.46. The van der Waals surface area contributed by atoms with Crippen LogP contribution in [0.25, 0.3) is 5.69 Å². The van der Waals surface area contributed by atoms with Crippen molar-refractivity contribution in [3.63, 3.8) is 0 Å². The molecule has 0 bridgehead atoms. The third-order valence-corrected chi connectivity index (χ3v) is 6.68. The summed E-state index contributed by atoms with van der Waals surface area (Å²) < 4.78 is 23.8. The maximum atomic E-state index is 12.9. The molecule has 2 aromatic rings. The number of carbonyl (C=O) groups excluding carboxylic acids is 1. The number of carbonyl (C=O) groups is 1. The van der Waals surface area contributed by atoms with E-state index < -0.39 is 30.3 Å². The van der Waals surface area contributed by atoms with Crippen molar-refractivity contribution in [3.05, 3.63) is 41.7 Å². The zero-order valence-corrected chi connectivity index (χ0v) is 20.1. The Kier molecular flexibility index (Phi) is 8.82. The van der Waals surface area contributed by atoms with E-state index in [2.05, 4.69) is 15.6 Å². The number of nitrogens with zero attached hydrogens (tertiary/aromatic N) is 3. The van der Waals surface area contributed by atoms with Crippen molar-refractivity contribution < 1.29 is 34.0 Å². The number of hydrogen-bond donors (Lipinski definition) is 3. The summed E-state index contributed by atoms with van der Waals surface area (Å²) in [5.74, 6) is -0.914. The first-order valence-electron chi connectivity index (χ1n) is 11.9. The van der Waals surface area contributed by atoms with Gasteiger partial charge in [-0.05, 0) is 43.4 Å². The molecular weight excluding hydrogens is 456 g/mol. The Balaban J connectivity index is 1.33. The predicted molar refractivity (Wildman–Crippen MR) is 123 cm³/mol. The summed E-state index contributed by atoms with van der Waals surface area (Å²) in [6.07, 6.45) is 1.02. The molecule has 1 saturated heterocycles. The molecule has 3 N–H and O–H groups in total. The minimum atomic E-state index is -1.21. The lowest BCUT2D eigenvalue weighted by Crippen LogP contribution is -2.58. The molecule has 1 aliphatic carbocycles. The third-order valence-electron chi connectivity index (χ3n) is 6.68. The largest absolute Gasteiger partial charge is 0.388 e. The van der Waals surface area contributed by atoms with E-state index in [0.717, 1.165) is 42.8 Å². The Morgan fingerprint density at radius 2 is 1.97 bits per heavy atom. The first-order valence-corrected chi connectivity index (χ1v) is 11.9. The van der Waals surface area contributed by atoms with Crippen LogP contribution in [0.2, 0.25) is 0 Å². The molecule has 35 heavy (non-hydrogen) atoms. The normalized spacial score (nSPS) is 29.1. The van der Waals surface area contributed by atoms with Gasteiger partial charge in [-0.2, -0.15) is 0 Å². The van der Waals surface area contributed by atoms with E-state index in [1.54, 1.807) is 10.9 Å². The molecule has 4 rings (SSSR count). The number of nitrogens with one attached hydrogen (secondary N) is 1. The van der Waals surface area contributed by atoms with Crippen molar-refractivity contribution in [2.45, 2.75) is 69.5 Å². The fraction of sp³-hybridized carbons (Fsp3) is 0.625. The van der Waals surface area contributed by atoms with Crippen LogP contribution in [0.5, 0.6) is 0 Å². The van der Waals surface area contributed by atoms with Crippen molar-refractivity contribution in [1.29, 1.82) is 0 Å². The van der Waals surface area contributed by atoms with Gasteiger partial charge in [-0.15, -0.1) is 5.10 Å². The van der Waals surface area contributed by atoms with Gasteiger partial charge in [0.2, 0.25) is 5.91 Å². The maximum absolute atomic E-state index is 12.9. The van der Waals surface area contributed by atoms with Crippen LogP contribution in [0, 0.1) is 5.92 Å². The van der Waals surface area contributed by atoms with E-state index in [0.29, 0.717) is 13.2 Å². The van der Waals surface area contributed by atoms with Crippen LogP contribution in [0.4, 0.5) is 0 Å². The Bertz CT molecular complexity index is 948. The SMILES string of the molecule is CO[C@@H]1C(C(=O)NCc2ccc(-n3nncc3COC3CCCCO3)cc2)C[C@@H](OC)[C@@H](O)[C@H]1O.